The molecule has 0 unspecified atom stereocenters. The van der Waals surface area contributed by atoms with Crippen molar-refractivity contribution in [2.45, 2.75) is 50.0 Å². The van der Waals surface area contributed by atoms with Crippen molar-refractivity contribution < 1.29 is 17.5 Å². The molecule has 6 rings (SSSR count). The Morgan fingerprint density at radius 3 is 2.54 bits per heavy atom. The van der Waals surface area contributed by atoms with Crippen molar-refractivity contribution in [3.63, 3.8) is 0 Å². The number of ether oxygens (including phenoxy) is 1. The first-order chi connectivity index (χ1) is 19.8. The quantitative estimate of drug-likeness (QED) is 0.201. The van der Waals surface area contributed by atoms with Crippen molar-refractivity contribution >= 4 is 42.4 Å². The number of nitrogens with zero attached hydrogens (tertiary/aromatic N) is 2. The lowest BCUT2D eigenvalue weighted by Gasteiger charge is -2.18. The van der Waals surface area contributed by atoms with Gasteiger partial charge in [-0.2, -0.15) is 0 Å². The van der Waals surface area contributed by atoms with E-state index in [0.717, 1.165) is 83.2 Å². The summed E-state index contributed by atoms with van der Waals surface area (Å²) in [5.74, 6) is 0.838. The molecule has 1 aromatic heterocycles. The van der Waals surface area contributed by atoms with Gasteiger partial charge in [0.2, 0.25) is 0 Å². The average molecular weight is 638 g/mol. The Balaban J connectivity index is 1.29. The second-order valence-corrected chi connectivity index (χ2v) is 13.8. The Bertz CT molecular complexity index is 1700. The molecular formula is C33H34BrFN2O3S. The van der Waals surface area contributed by atoms with Gasteiger partial charge in [0, 0.05) is 35.7 Å². The molecule has 8 heteroatoms. The largest absolute Gasteiger partial charge is 0.489 e. The van der Waals surface area contributed by atoms with Crippen molar-refractivity contribution in [2.75, 3.05) is 26.3 Å². The minimum atomic E-state index is -3.71. The number of rotatable bonds is 8. The molecule has 1 aliphatic heterocycles. The van der Waals surface area contributed by atoms with E-state index in [0.29, 0.717) is 11.9 Å². The van der Waals surface area contributed by atoms with Crippen LogP contribution in [0.2, 0.25) is 0 Å². The average Bonchev–Trinajstić information content (AvgIpc) is 3.57. The highest BCUT2D eigenvalue weighted by Gasteiger charge is 2.25. The van der Waals surface area contributed by atoms with Crippen LogP contribution in [0.25, 0.3) is 16.5 Å². The number of hydrogen-bond donors (Lipinski definition) is 0. The van der Waals surface area contributed by atoms with Crippen LogP contribution in [0.4, 0.5) is 4.39 Å². The van der Waals surface area contributed by atoms with Crippen LogP contribution in [0.5, 0.6) is 5.75 Å². The van der Waals surface area contributed by atoms with Gasteiger partial charge in [0.05, 0.1) is 17.1 Å². The third-order valence-corrected chi connectivity index (χ3v) is 10.7. The van der Waals surface area contributed by atoms with E-state index in [1.54, 1.807) is 18.3 Å². The van der Waals surface area contributed by atoms with Crippen molar-refractivity contribution in [2.24, 2.45) is 0 Å². The summed E-state index contributed by atoms with van der Waals surface area (Å²) >= 11 is 3.88. The van der Waals surface area contributed by atoms with Gasteiger partial charge in [-0.25, -0.2) is 12.4 Å². The van der Waals surface area contributed by atoms with Crippen LogP contribution in [0.1, 0.15) is 47.9 Å². The summed E-state index contributed by atoms with van der Waals surface area (Å²) in [4.78, 5) is 2.55. The zero-order chi connectivity index (χ0) is 28.6. The summed E-state index contributed by atoms with van der Waals surface area (Å²) in [5, 5.41) is 0.969. The maximum Gasteiger partial charge on any atom is 0.268 e. The lowest BCUT2D eigenvalue weighted by molar-refractivity contribution is 0.198. The van der Waals surface area contributed by atoms with E-state index in [-0.39, 0.29) is 17.7 Å². The molecule has 4 aromatic rings. The monoisotopic (exact) mass is 636 g/mol. The van der Waals surface area contributed by atoms with E-state index in [9.17, 15) is 12.8 Å². The smallest absolute Gasteiger partial charge is 0.268 e. The highest BCUT2D eigenvalue weighted by Crippen LogP contribution is 2.41. The number of allylic oxidation sites excluding steroid dienone is 1. The maximum atomic E-state index is 13.5. The van der Waals surface area contributed by atoms with Crippen LogP contribution < -0.4 is 4.74 Å². The van der Waals surface area contributed by atoms with E-state index in [1.807, 2.05) is 43.3 Å². The number of aryl methyl sites for hydroxylation is 2. The van der Waals surface area contributed by atoms with Crippen molar-refractivity contribution in [1.82, 2.24) is 8.87 Å². The Kier molecular flexibility index (Phi) is 8.07. The van der Waals surface area contributed by atoms with Crippen molar-refractivity contribution in [1.29, 1.82) is 0 Å². The van der Waals surface area contributed by atoms with Crippen LogP contribution in [0.15, 0.2) is 82.3 Å². The summed E-state index contributed by atoms with van der Waals surface area (Å²) in [6.07, 6.45) is 6.06. The molecule has 3 aromatic carbocycles. The van der Waals surface area contributed by atoms with Gasteiger partial charge in [-0.3, -0.25) is 9.29 Å². The highest BCUT2D eigenvalue weighted by atomic mass is 79.9. The van der Waals surface area contributed by atoms with E-state index in [2.05, 4.69) is 39.0 Å². The fourth-order valence-corrected chi connectivity index (χ4v) is 8.14. The van der Waals surface area contributed by atoms with Crippen LogP contribution >= 0.6 is 15.9 Å². The molecule has 5 nitrogen and oxygen atoms in total. The molecule has 1 atom stereocenters. The Hall–Kier alpha value is -2.94. The molecule has 2 aliphatic rings. The van der Waals surface area contributed by atoms with Gasteiger partial charge in [0.1, 0.15) is 11.9 Å². The van der Waals surface area contributed by atoms with Gasteiger partial charge in [-0.15, -0.1) is 0 Å². The van der Waals surface area contributed by atoms with Gasteiger partial charge in [0.25, 0.3) is 10.0 Å². The summed E-state index contributed by atoms with van der Waals surface area (Å²) in [6, 6.07) is 21.2. The summed E-state index contributed by atoms with van der Waals surface area (Å²) in [7, 11) is -3.71. The molecule has 0 amide bonds. The Labute approximate surface area is 249 Å². The lowest BCUT2D eigenvalue weighted by Crippen LogP contribution is -2.26. The molecule has 1 fully saturated rings. The second kappa shape index (κ2) is 11.7. The molecule has 0 radical (unpaired) electrons. The number of alkyl halides is 1. The minimum Gasteiger partial charge on any atom is -0.489 e. The summed E-state index contributed by atoms with van der Waals surface area (Å²) in [6.45, 7) is 4.23. The molecule has 0 bridgehead atoms. The molecule has 1 saturated heterocycles. The molecular weight excluding hydrogens is 603 g/mol. The highest BCUT2D eigenvalue weighted by molar-refractivity contribution is 9.11. The summed E-state index contributed by atoms with van der Waals surface area (Å²) in [5.41, 5.74) is 6.24. The van der Waals surface area contributed by atoms with E-state index in [4.69, 9.17) is 4.74 Å². The number of fused-ring (bicyclic) bond motifs is 3. The third kappa shape index (κ3) is 5.62. The van der Waals surface area contributed by atoms with Gasteiger partial charge in [-0.05, 0) is 97.7 Å². The van der Waals surface area contributed by atoms with Crippen molar-refractivity contribution in [3.05, 3.63) is 99.7 Å². The summed E-state index contributed by atoms with van der Waals surface area (Å²) < 4.78 is 48.4. The van der Waals surface area contributed by atoms with Gasteiger partial charge in [-0.1, -0.05) is 51.8 Å². The van der Waals surface area contributed by atoms with E-state index in [1.165, 1.54) is 9.54 Å². The zero-order valence-corrected chi connectivity index (χ0v) is 25.6. The third-order valence-electron chi connectivity index (χ3n) is 8.17. The first-order valence-corrected chi connectivity index (χ1v) is 16.5. The molecule has 2 heterocycles. The molecule has 0 saturated carbocycles. The Morgan fingerprint density at radius 2 is 1.78 bits per heavy atom. The molecule has 0 spiro atoms. The lowest BCUT2D eigenvalue weighted by atomic mass is 9.92. The molecule has 0 N–H and O–H groups in total. The van der Waals surface area contributed by atoms with Gasteiger partial charge >= 0.3 is 0 Å². The first kappa shape index (κ1) is 28.2. The fourth-order valence-electron chi connectivity index (χ4n) is 6.07. The van der Waals surface area contributed by atoms with Crippen LogP contribution in [0.3, 0.4) is 0 Å². The van der Waals surface area contributed by atoms with E-state index < -0.39 is 10.0 Å². The SMILES string of the molecule is Cc1ccc(S(=O)(=O)n2ccc3c4c(ccc32)C(c2ccc(O[C@H]3CCN(CCCF)C3)cc2)=C(Br)CCC4)cc1. The zero-order valence-electron chi connectivity index (χ0n) is 23.2. The maximum absolute atomic E-state index is 13.5. The molecule has 41 heavy (non-hydrogen) atoms. The number of likely N-dealkylation sites (tertiary alicyclic amines) is 1. The van der Waals surface area contributed by atoms with E-state index >= 15 is 0 Å². The van der Waals surface area contributed by atoms with Gasteiger partial charge in [0.15, 0.2) is 0 Å². The first-order valence-electron chi connectivity index (χ1n) is 14.2. The number of benzene rings is 3. The predicted molar refractivity (Wildman–Crippen MR) is 166 cm³/mol. The molecule has 214 valence electrons. The van der Waals surface area contributed by atoms with Crippen molar-refractivity contribution in [3.8, 4) is 5.75 Å². The fraction of sp³-hybridized carbons (Fsp3) is 0.333. The molecule has 1 aliphatic carbocycles. The van der Waals surface area contributed by atoms with Crippen LogP contribution in [0, 0.1) is 6.92 Å². The predicted octanol–water partition coefficient (Wildman–Crippen LogP) is 7.49. The van der Waals surface area contributed by atoms with Gasteiger partial charge < -0.3 is 4.74 Å². The second-order valence-electron chi connectivity index (χ2n) is 11.0. The number of hydrogen-bond acceptors (Lipinski definition) is 4. The van der Waals surface area contributed by atoms with Crippen LogP contribution in [-0.4, -0.2) is 49.7 Å². The normalized spacial score (nSPS) is 18.1. The van der Waals surface area contributed by atoms with Crippen LogP contribution in [-0.2, 0) is 16.4 Å². The number of halogens is 2. The standard InChI is InChI=1S/C33H34BrFN2O3S/c1-23-6-12-27(13-7-23)41(38,39)37-21-17-29-28-4-2-5-31(34)33(30(28)14-15-32(29)37)24-8-10-25(11-9-24)40-26-16-20-36(22-26)19-3-18-35/h6-15,17,21,26H,2-5,16,18-20,22H2,1H3/t26-/m0/s1. The number of aromatic nitrogens is 1. The Morgan fingerprint density at radius 1 is 1.00 bits per heavy atom. The topological polar surface area (TPSA) is 51.5 Å². The minimum absolute atomic E-state index is 0.124.